The molecule has 31 heavy (non-hydrogen) atoms. The van der Waals surface area contributed by atoms with Gasteiger partial charge in [0, 0.05) is 32.0 Å². The number of nitrogens with one attached hydrogen (secondary N) is 1. The molecular weight excluding hydrogens is 396 g/mol. The molecule has 0 fully saturated rings. The number of nitrogens with zero attached hydrogens (tertiary/aromatic N) is 1. The zero-order chi connectivity index (χ0) is 22.2. The van der Waals surface area contributed by atoms with Gasteiger partial charge in [0.1, 0.15) is 17.2 Å². The van der Waals surface area contributed by atoms with Crippen LogP contribution in [0.3, 0.4) is 0 Å². The Morgan fingerprint density at radius 2 is 1.71 bits per heavy atom. The molecule has 164 valence electrons. The van der Waals surface area contributed by atoms with E-state index in [0.717, 1.165) is 12.2 Å². The first-order valence-corrected chi connectivity index (χ1v) is 10.3. The van der Waals surface area contributed by atoms with E-state index >= 15 is 0 Å². The maximum absolute atomic E-state index is 13.2. The van der Waals surface area contributed by atoms with Crippen LogP contribution in [0.2, 0.25) is 0 Å². The van der Waals surface area contributed by atoms with Crippen LogP contribution in [0.25, 0.3) is 5.57 Å². The Kier molecular flexibility index (Phi) is 7.67. The number of carbonyl (C=O) groups is 2. The first-order valence-electron chi connectivity index (χ1n) is 10.3. The fourth-order valence-corrected chi connectivity index (χ4v) is 3.31. The zero-order valence-electron chi connectivity index (χ0n) is 18.1. The molecule has 2 aromatic carbocycles. The third-order valence-corrected chi connectivity index (χ3v) is 4.85. The van der Waals surface area contributed by atoms with Crippen molar-refractivity contribution in [1.29, 1.82) is 0 Å². The number of ether oxygens (including phenoxy) is 3. The zero-order valence-corrected chi connectivity index (χ0v) is 18.1. The molecule has 1 aliphatic heterocycles. The van der Waals surface area contributed by atoms with E-state index in [-0.39, 0.29) is 24.1 Å². The summed E-state index contributed by atoms with van der Waals surface area (Å²) >= 11 is 0. The first-order chi connectivity index (χ1) is 15.1. The van der Waals surface area contributed by atoms with Crippen LogP contribution in [0, 0.1) is 0 Å². The van der Waals surface area contributed by atoms with Gasteiger partial charge in [-0.25, -0.2) is 0 Å². The number of methoxy groups -OCH3 is 2. The standard InChI is InChI=1S/C24H28N2O5/c1-4-14-31-19-11-9-17(10-12-19)21-22(25-18-7-5-8-20(16-18)30-3)24(28)26(23(21)27)13-6-15-29-2/h5,7-12,16,25H,4,6,13-15H2,1-3H3. The molecule has 2 amide bonds. The summed E-state index contributed by atoms with van der Waals surface area (Å²) in [6, 6.07) is 14.5. The predicted molar refractivity (Wildman–Crippen MR) is 119 cm³/mol. The number of anilines is 1. The van der Waals surface area contributed by atoms with Crippen LogP contribution in [0.4, 0.5) is 5.69 Å². The van der Waals surface area contributed by atoms with Gasteiger partial charge in [0.25, 0.3) is 11.8 Å². The van der Waals surface area contributed by atoms with Gasteiger partial charge >= 0.3 is 0 Å². The van der Waals surface area contributed by atoms with E-state index in [0.29, 0.717) is 42.2 Å². The molecule has 2 aromatic rings. The van der Waals surface area contributed by atoms with Gasteiger partial charge in [-0.05, 0) is 42.7 Å². The average Bonchev–Trinajstić information content (AvgIpc) is 3.02. The van der Waals surface area contributed by atoms with Crippen LogP contribution in [0.1, 0.15) is 25.3 Å². The Labute approximate surface area is 182 Å². The number of hydrogen-bond donors (Lipinski definition) is 1. The summed E-state index contributed by atoms with van der Waals surface area (Å²) in [5, 5.41) is 3.14. The van der Waals surface area contributed by atoms with E-state index in [9.17, 15) is 9.59 Å². The monoisotopic (exact) mass is 424 g/mol. The summed E-state index contributed by atoms with van der Waals surface area (Å²) in [7, 11) is 3.17. The second-order valence-electron chi connectivity index (χ2n) is 7.09. The average molecular weight is 424 g/mol. The van der Waals surface area contributed by atoms with Crippen LogP contribution >= 0.6 is 0 Å². The SMILES string of the molecule is CCCOc1ccc(C2=C(Nc3cccc(OC)c3)C(=O)N(CCCOC)C2=O)cc1. The molecule has 0 radical (unpaired) electrons. The van der Waals surface area contributed by atoms with Crippen molar-refractivity contribution in [2.45, 2.75) is 19.8 Å². The number of amides is 2. The number of imide groups is 1. The van der Waals surface area contributed by atoms with Crippen LogP contribution in [0.5, 0.6) is 11.5 Å². The highest BCUT2D eigenvalue weighted by Crippen LogP contribution is 2.32. The second-order valence-corrected chi connectivity index (χ2v) is 7.09. The largest absolute Gasteiger partial charge is 0.497 e. The van der Waals surface area contributed by atoms with Gasteiger partial charge in [0.05, 0.1) is 19.3 Å². The summed E-state index contributed by atoms with van der Waals surface area (Å²) in [5.74, 6) is 0.694. The summed E-state index contributed by atoms with van der Waals surface area (Å²) in [6.07, 6.45) is 1.47. The number of rotatable bonds is 11. The molecule has 3 rings (SSSR count). The summed E-state index contributed by atoms with van der Waals surface area (Å²) < 4.78 is 16.0. The van der Waals surface area contributed by atoms with Gasteiger partial charge in [0.15, 0.2) is 0 Å². The molecule has 1 N–H and O–H groups in total. The molecule has 0 aromatic heterocycles. The van der Waals surface area contributed by atoms with E-state index in [4.69, 9.17) is 14.2 Å². The number of carbonyl (C=O) groups excluding carboxylic acids is 2. The van der Waals surface area contributed by atoms with Crippen molar-refractivity contribution in [3.63, 3.8) is 0 Å². The summed E-state index contributed by atoms with van der Waals surface area (Å²) in [4.78, 5) is 27.6. The van der Waals surface area contributed by atoms with Crippen molar-refractivity contribution in [2.75, 3.05) is 39.3 Å². The molecular formula is C24H28N2O5. The van der Waals surface area contributed by atoms with Gasteiger partial charge in [-0.3, -0.25) is 14.5 Å². The molecule has 7 nitrogen and oxygen atoms in total. The van der Waals surface area contributed by atoms with Crippen molar-refractivity contribution in [3.8, 4) is 11.5 Å². The van der Waals surface area contributed by atoms with Gasteiger partial charge < -0.3 is 19.5 Å². The molecule has 7 heteroatoms. The van der Waals surface area contributed by atoms with Crippen molar-refractivity contribution in [1.82, 2.24) is 4.90 Å². The number of hydrogen-bond acceptors (Lipinski definition) is 6. The molecule has 0 bridgehead atoms. The second kappa shape index (κ2) is 10.6. The molecule has 0 saturated heterocycles. The Balaban J connectivity index is 1.94. The Morgan fingerprint density at radius 3 is 2.39 bits per heavy atom. The Bertz CT molecular complexity index is 953. The van der Waals surface area contributed by atoms with Gasteiger partial charge in [-0.2, -0.15) is 0 Å². The Morgan fingerprint density at radius 1 is 0.935 bits per heavy atom. The highest BCUT2D eigenvalue weighted by molar-refractivity contribution is 6.36. The molecule has 0 aliphatic carbocycles. The maximum atomic E-state index is 13.2. The van der Waals surface area contributed by atoms with E-state index in [1.54, 1.807) is 32.4 Å². The van der Waals surface area contributed by atoms with Crippen molar-refractivity contribution >= 4 is 23.1 Å². The third kappa shape index (κ3) is 5.24. The normalized spacial score (nSPS) is 13.7. The quantitative estimate of drug-likeness (QED) is 0.438. The van der Waals surface area contributed by atoms with Gasteiger partial charge in [-0.1, -0.05) is 25.1 Å². The predicted octanol–water partition coefficient (Wildman–Crippen LogP) is 3.71. The maximum Gasteiger partial charge on any atom is 0.278 e. The van der Waals surface area contributed by atoms with Crippen LogP contribution in [-0.4, -0.2) is 50.7 Å². The highest BCUT2D eigenvalue weighted by atomic mass is 16.5. The lowest BCUT2D eigenvalue weighted by molar-refractivity contribution is -0.136. The van der Waals surface area contributed by atoms with Crippen LogP contribution in [0.15, 0.2) is 54.2 Å². The fourth-order valence-electron chi connectivity index (χ4n) is 3.31. The molecule has 1 heterocycles. The van der Waals surface area contributed by atoms with E-state index in [1.807, 2.05) is 37.3 Å². The lowest BCUT2D eigenvalue weighted by Gasteiger charge is -2.15. The molecule has 0 unspecified atom stereocenters. The van der Waals surface area contributed by atoms with Crippen molar-refractivity contribution in [3.05, 3.63) is 59.8 Å². The lowest BCUT2D eigenvalue weighted by atomic mass is 10.0. The smallest absolute Gasteiger partial charge is 0.278 e. The van der Waals surface area contributed by atoms with Crippen molar-refractivity contribution in [2.24, 2.45) is 0 Å². The highest BCUT2D eigenvalue weighted by Gasteiger charge is 2.38. The molecule has 0 spiro atoms. The molecule has 0 atom stereocenters. The van der Waals surface area contributed by atoms with E-state index in [2.05, 4.69) is 5.32 Å². The number of benzene rings is 2. The third-order valence-electron chi connectivity index (χ3n) is 4.85. The minimum atomic E-state index is -0.356. The lowest BCUT2D eigenvalue weighted by Crippen LogP contribution is -2.33. The Hall–Kier alpha value is -3.32. The fraction of sp³-hybridized carbons (Fsp3) is 0.333. The molecule has 1 aliphatic rings. The summed E-state index contributed by atoms with van der Waals surface area (Å²) in [5.41, 5.74) is 1.90. The minimum absolute atomic E-state index is 0.248. The molecule has 0 saturated carbocycles. The van der Waals surface area contributed by atoms with E-state index in [1.165, 1.54) is 4.90 Å². The van der Waals surface area contributed by atoms with Gasteiger partial charge in [-0.15, -0.1) is 0 Å². The minimum Gasteiger partial charge on any atom is -0.497 e. The van der Waals surface area contributed by atoms with Gasteiger partial charge in [0.2, 0.25) is 0 Å². The van der Waals surface area contributed by atoms with E-state index < -0.39 is 0 Å². The van der Waals surface area contributed by atoms with Crippen molar-refractivity contribution < 1.29 is 23.8 Å². The first kappa shape index (κ1) is 22.4. The summed E-state index contributed by atoms with van der Waals surface area (Å²) in [6.45, 7) is 3.41. The topological polar surface area (TPSA) is 77.1 Å². The van der Waals surface area contributed by atoms with Crippen LogP contribution < -0.4 is 14.8 Å². The van der Waals surface area contributed by atoms with Crippen LogP contribution in [-0.2, 0) is 14.3 Å².